The highest BCUT2D eigenvalue weighted by atomic mass is 35.5. The minimum Gasteiger partial charge on any atom is -0.492 e. The molecular formula is C19H18ClN3O2. The molecule has 0 aliphatic carbocycles. The Kier molecular flexibility index (Phi) is 5.05. The number of hydrazone groups is 1. The van der Waals surface area contributed by atoms with Gasteiger partial charge in [0.15, 0.2) is 0 Å². The number of amides is 1. The van der Waals surface area contributed by atoms with Crippen LogP contribution in [-0.2, 0) is 7.05 Å². The third-order valence-electron chi connectivity index (χ3n) is 3.82. The first kappa shape index (κ1) is 17.0. The zero-order valence-corrected chi connectivity index (χ0v) is 14.7. The predicted octanol–water partition coefficient (Wildman–Crippen LogP) is 3.99. The van der Waals surface area contributed by atoms with E-state index in [4.69, 9.17) is 16.3 Å². The molecule has 2 aromatic carbocycles. The van der Waals surface area contributed by atoms with Gasteiger partial charge in [-0.15, -0.1) is 0 Å². The first-order valence-corrected chi connectivity index (χ1v) is 8.28. The van der Waals surface area contributed by atoms with Gasteiger partial charge in [0.05, 0.1) is 17.8 Å². The smallest absolute Gasteiger partial charge is 0.287 e. The van der Waals surface area contributed by atoms with Crippen LogP contribution in [0.3, 0.4) is 0 Å². The van der Waals surface area contributed by atoms with Crippen molar-refractivity contribution in [3.63, 3.8) is 0 Å². The lowest BCUT2D eigenvalue weighted by molar-refractivity contribution is 0.0947. The molecule has 0 fully saturated rings. The maximum absolute atomic E-state index is 12.3. The average molecular weight is 356 g/mol. The van der Waals surface area contributed by atoms with Crippen LogP contribution in [0.1, 0.15) is 23.0 Å². The van der Waals surface area contributed by atoms with E-state index in [2.05, 4.69) is 10.5 Å². The summed E-state index contributed by atoms with van der Waals surface area (Å²) in [6.07, 6.45) is 1.54. The van der Waals surface area contributed by atoms with Crippen molar-refractivity contribution in [2.24, 2.45) is 12.1 Å². The monoisotopic (exact) mass is 355 g/mol. The number of benzene rings is 2. The minimum absolute atomic E-state index is 0.271. The number of aromatic nitrogens is 1. The Labute approximate surface area is 150 Å². The second-order valence-corrected chi connectivity index (χ2v) is 5.88. The van der Waals surface area contributed by atoms with Gasteiger partial charge in [-0.05, 0) is 42.8 Å². The summed E-state index contributed by atoms with van der Waals surface area (Å²) in [6, 6.07) is 15.0. The number of hydrogen-bond donors (Lipinski definition) is 1. The van der Waals surface area contributed by atoms with Crippen LogP contribution in [0.4, 0.5) is 0 Å². The fourth-order valence-corrected chi connectivity index (χ4v) is 2.84. The number of fused-ring (bicyclic) bond motifs is 1. The van der Waals surface area contributed by atoms with E-state index in [1.54, 1.807) is 18.3 Å². The van der Waals surface area contributed by atoms with Gasteiger partial charge in [0.1, 0.15) is 11.4 Å². The van der Waals surface area contributed by atoms with E-state index in [0.29, 0.717) is 23.1 Å². The Morgan fingerprint density at radius 2 is 2.08 bits per heavy atom. The number of hydrogen-bond acceptors (Lipinski definition) is 3. The molecule has 0 saturated carbocycles. The number of nitrogens with zero attached hydrogens (tertiary/aromatic N) is 2. The summed E-state index contributed by atoms with van der Waals surface area (Å²) in [5.74, 6) is 0.354. The number of carbonyl (C=O) groups excluding carboxylic acids is 1. The molecule has 0 unspecified atom stereocenters. The molecule has 1 N–H and O–H groups in total. The summed E-state index contributed by atoms with van der Waals surface area (Å²) in [5.41, 5.74) is 4.85. The zero-order valence-electron chi connectivity index (χ0n) is 14.0. The normalized spacial score (nSPS) is 11.2. The zero-order chi connectivity index (χ0) is 17.8. The van der Waals surface area contributed by atoms with Crippen molar-refractivity contribution in [3.05, 3.63) is 64.8 Å². The summed E-state index contributed by atoms with van der Waals surface area (Å²) in [4.78, 5) is 12.3. The summed E-state index contributed by atoms with van der Waals surface area (Å²) in [6.45, 7) is 2.45. The van der Waals surface area contributed by atoms with Crippen LogP contribution < -0.4 is 10.2 Å². The van der Waals surface area contributed by atoms with E-state index >= 15 is 0 Å². The minimum atomic E-state index is -0.271. The Hall–Kier alpha value is -2.79. The lowest BCUT2D eigenvalue weighted by Crippen LogP contribution is -2.20. The van der Waals surface area contributed by atoms with Gasteiger partial charge in [-0.3, -0.25) is 4.79 Å². The molecule has 0 aliphatic heterocycles. The van der Waals surface area contributed by atoms with Crippen molar-refractivity contribution >= 4 is 34.6 Å². The van der Waals surface area contributed by atoms with Crippen LogP contribution in [0.25, 0.3) is 10.9 Å². The number of nitrogens with one attached hydrogen (secondary N) is 1. The Morgan fingerprint density at radius 1 is 1.28 bits per heavy atom. The average Bonchev–Trinajstić information content (AvgIpc) is 2.95. The maximum Gasteiger partial charge on any atom is 0.287 e. The lowest BCUT2D eigenvalue weighted by Gasteiger charge is -2.05. The second-order valence-electron chi connectivity index (χ2n) is 5.47. The molecule has 1 amide bonds. The number of aryl methyl sites for hydroxylation is 1. The molecule has 6 heteroatoms. The summed E-state index contributed by atoms with van der Waals surface area (Å²) in [5, 5.41) is 5.53. The summed E-state index contributed by atoms with van der Waals surface area (Å²) in [7, 11) is 1.85. The Balaban J connectivity index is 1.72. The van der Waals surface area contributed by atoms with Crippen LogP contribution in [0.2, 0.25) is 5.02 Å². The number of carbonyl (C=O) groups is 1. The molecular weight excluding hydrogens is 338 g/mol. The first-order chi connectivity index (χ1) is 12.1. The Bertz CT molecular complexity index is 947. The lowest BCUT2D eigenvalue weighted by atomic mass is 10.2. The molecule has 0 radical (unpaired) electrons. The standard InChI is InChI=1S/C19H18ClN3O2/c1-3-25-18-9-8-13(10-15(18)20)12-21-22-19(24)17-11-14-6-4-5-7-16(14)23(17)2/h4-12H,3H2,1-2H3,(H,22,24)/b21-12+. The number of ether oxygens (including phenoxy) is 1. The van der Waals surface area contributed by atoms with Crippen LogP contribution in [0, 0.1) is 0 Å². The summed E-state index contributed by atoms with van der Waals surface area (Å²) >= 11 is 6.13. The highest BCUT2D eigenvalue weighted by Gasteiger charge is 2.12. The van der Waals surface area contributed by atoms with Gasteiger partial charge in [0, 0.05) is 18.0 Å². The number of halogens is 1. The van der Waals surface area contributed by atoms with Gasteiger partial charge < -0.3 is 9.30 Å². The van der Waals surface area contributed by atoms with Gasteiger partial charge in [0.25, 0.3) is 5.91 Å². The second kappa shape index (κ2) is 7.40. The van der Waals surface area contributed by atoms with E-state index in [9.17, 15) is 4.79 Å². The van der Waals surface area contributed by atoms with Crippen molar-refractivity contribution in [1.82, 2.24) is 9.99 Å². The van der Waals surface area contributed by atoms with Crippen molar-refractivity contribution in [3.8, 4) is 5.75 Å². The molecule has 0 atom stereocenters. The fraction of sp³-hybridized carbons (Fsp3) is 0.158. The molecule has 0 saturated heterocycles. The molecule has 0 spiro atoms. The maximum atomic E-state index is 12.3. The van der Waals surface area contributed by atoms with Crippen molar-refractivity contribution in [2.75, 3.05) is 6.61 Å². The van der Waals surface area contributed by atoms with E-state index in [1.165, 1.54) is 0 Å². The van der Waals surface area contributed by atoms with Crippen molar-refractivity contribution in [1.29, 1.82) is 0 Å². The SMILES string of the molecule is CCOc1ccc(/C=N/NC(=O)c2cc3ccccc3n2C)cc1Cl. The quantitative estimate of drug-likeness (QED) is 0.555. The van der Waals surface area contributed by atoms with E-state index in [-0.39, 0.29) is 5.91 Å². The summed E-state index contributed by atoms with van der Waals surface area (Å²) < 4.78 is 7.23. The number of rotatable bonds is 5. The molecule has 3 aromatic rings. The van der Waals surface area contributed by atoms with Gasteiger partial charge in [0.2, 0.25) is 0 Å². The van der Waals surface area contributed by atoms with Gasteiger partial charge >= 0.3 is 0 Å². The van der Waals surface area contributed by atoms with Gasteiger partial charge in [-0.2, -0.15) is 5.10 Å². The van der Waals surface area contributed by atoms with Crippen LogP contribution >= 0.6 is 11.6 Å². The topological polar surface area (TPSA) is 55.6 Å². The van der Waals surface area contributed by atoms with E-state index in [1.807, 2.05) is 54.9 Å². The Morgan fingerprint density at radius 3 is 2.80 bits per heavy atom. The molecule has 5 nitrogen and oxygen atoms in total. The molecule has 25 heavy (non-hydrogen) atoms. The molecule has 0 bridgehead atoms. The van der Waals surface area contributed by atoms with Crippen LogP contribution in [-0.4, -0.2) is 23.3 Å². The highest BCUT2D eigenvalue weighted by molar-refractivity contribution is 6.32. The van der Waals surface area contributed by atoms with E-state index < -0.39 is 0 Å². The fourth-order valence-electron chi connectivity index (χ4n) is 2.60. The molecule has 0 aliphatic rings. The van der Waals surface area contributed by atoms with Gasteiger partial charge in [-0.1, -0.05) is 29.8 Å². The third-order valence-corrected chi connectivity index (χ3v) is 4.12. The highest BCUT2D eigenvalue weighted by Crippen LogP contribution is 2.24. The van der Waals surface area contributed by atoms with Crippen LogP contribution in [0.15, 0.2) is 53.6 Å². The molecule has 128 valence electrons. The largest absolute Gasteiger partial charge is 0.492 e. The van der Waals surface area contributed by atoms with Crippen molar-refractivity contribution < 1.29 is 9.53 Å². The molecule has 3 rings (SSSR count). The van der Waals surface area contributed by atoms with Gasteiger partial charge in [-0.25, -0.2) is 5.43 Å². The molecule has 1 heterocycles. The first-order valence-electron chi connectivity index (χ1n) is 7.90. The van der Waals surface area contributed by atoms with Crippen molar-refractivity contribution in [2.45, 2.75) is 6.92 Å². The third kappa shape index (κ3) is 3.67. The van der Waals surface area contributed by atoms with Crippen LogP contribution in [0.5, 0.6) is 5.75 Å². The van der Waals surface area contributed by atoms with E-state index in [0.717, 1.165) is 16.5 Å². The predicted molar refractivity (Wildman–Crippen MR) is 101 cm³/mol. The number of para-hydroxylation sites is 1. The molecule has 1 aromatic heterocycles.